The third-order valence-electron chi connectivity index (χ3n) is 6.49. The average Bonchev–Trinajstić information content (AvgIpc) is 3.33. The van der Waals surface area contributed by atoms with Crippen molar-refractivity contribution >= 4 is 28.8 Å². The monoisotopic (exact) mass is 551 g/mol. The van der Waals surface area contributed by atoms with Gasteiger partial charge in [0.05, 0.1) is 44.6 Å². The van der Waals surface area contributed by atoms with Crippen molar-refractivity contribution in [2.45, 2.75) is 25.9 Å². The van der Waals surface area contributed by atoms with Gasteiger partial charge in [0.25, 0.3) is 0 Å². The quantitative estimate of drug-likeness (QED) is 0.298. The number of benzene rings is 2. The smallest absolute Gasteiger partial charge is 0.338 e. The van der Waals surface area contributed by atoms with Crippen LogP contribution in [0.25, 0.3) is 0 Å². The molecule has 39 heavy (non-hydrogen) atoms. The molecule has 2 heterocycles. The Balaban J connectivity index is 1.70. The zero-order valence-corrected chi connectivity index (χ0v) is 23.6. The summed E-state index contributed by atoms with van der Waals surface area (Å²) in [5.41, 5.74) is 3.36. The Morgan fingerprint density at radius 1 is 1.03 bits per heavy atom. The van der Waals surface area contributed by atoms with E-state index in [-0.39, 0.29) is 25.5 Å². The molecule has 0 N–H and O–H groups in total. The van der Waals surface area contributed by atoms with Crippen LogP contribution in [0.2, 0.25) is 0 Å². The molecule has 0 unspecified atom stereocenters. The van der Waals surface area contributed by atoms with Crippen LogP contribution in [0.3, 0.4) is 0 Å². The minimum Gasteiger partial charge on any atom is -0.493 e. The number of fused-ring (bicyclic) bond motifs is 1. The van der Waals surface area contributed by atoms with Crippen LogP contribution >= 0.6 is 11.8 Å². The molecule has 0 saturated carbocycles. The predicted octanol–water partition coefficient (Wildman–Crippen LogP) is 4.52. The summed E-state index contributed by atoms with van der Waals surface area (Å²) in [7, 11) is 6.46. The number of aliphatic imine (C=N–C) groups is 1. The number of hydrogen-bond acceptors (Lipinski definition) is 9. The zero-order valence-electron chi connectivity index (χ0n) is 22.8. The van der Waals surface area contributed by atoms with Crippen LogP contribution in [-0.2, 0) is 25.6 Å². The van der Waals surface area contributed by atoms with Gasteiger partial charge in [0.1, 0.15) is 6.61 Å². The van der Waals surface area contributed by atoms with Crippen LogP contribution in [-0.4, -0.2) is 68.4 Å². The van der Waals surface area contributed by atoms with Gasteiger partial charge in [-0.15, -0.1) is 0 Å². The predicted molar refractivity (Wildman–Crippen MR) is 150 cm³/mol. The molecule has 0 aliphatic carbocycles. The van der Waals surface area contributed by atoms with Gasteiger partial charge in [0, 0.05) is 32.0 Å². The molecule has 206 valence electrons. The number of carbonyl (C=O) groups is 2. The first-order chi connectivity index (χ1) is 18.9. The first kappa shape index (κ1) is 28.3. The van der Waals surface area contributed by atoms with Gasteiger partial charge in [-0.05, 0) is 24.0 Å². The molecule has 10 heteroatoms. The lowest BCUT2D eigenvalue weighted by Gasteiger charge is -2.37. The van der Waals surface area contributed by atoms with Gasteiger partial charge in [-0.2, -0.15) is 0 Å². The molecule has 0 fully saturated rings. The number of esters is 1. The van der Waals surface area contributed by atoms with E-state index < -0.39 is 12.0 Å². The summed E-state index contributed by atoms with van der Waals surface area (Å²) in [6.07, 6.45) is 0.128. The van der Waals surface area contributed by atoms with E-state index in [0.29, 0.717) is 40.0 Å². The van der Waals surface area contributed by atoms with Gasteiger partial charge in [-0.25, -0.2) is 9.79 Å². The molecular formula is C29H33N3O6S. The largest absolute Gasteiger partial charge is 0.493 e. The molecule has 0 radical (unpaired) electrons. The third kappa shape index (κ3) is 6.12. The van der Waals surface area contributed by atoms with Crippen molar-refractivity contribution in [2.75, 3.05) is 41.6 Å². The Morgan fingerprint density at radius 2 is 1.79 bits per heavy atom. The molecule has 2 aliphatic heterocycles. The van der Waals surface area contributed by atoms with Crippen LogP contribution in [0.1, 0.15) is 30.5 Å². The van der Waals surface area contributed by atoms with Crippen LogP contribution in [0.5, 0.6) is 11.5 Å². The minimum absolute atomic E-state index is 0.0567. The number of para-hydroxylation sites is 1. The summed E-state index contributed by atoms with van der Waals surface area (Å²) in [6, 6.07) is 14.7. The number of methoxy groups -OCH3 is 3. The lowest BCUT2D eigenvalue weighted by molar-refractivity contribution is -0.141. The Morgan fingerprint density at radius 3 is 2.49 bits per heavy atom. The number of carbonyl (C=O) groups excluding carboxylic acids is 2. The van der Waals surface area contributed by atoms with E-state index in [4.69, 9.17) is 23.9 Å². The van der Waals surface area contributed by atoms with Crippen molar-refractivity contribution in [3.05, 3.63) is 82.0 Å². The van der Waals surface area contributed by atoms with Crippen molar-refractivity contribution in [1.29, 1.82) is 0 Å². The van der Waals surface area contributed by atoms with Crippen molar-refractivity contribution < 1.29 is 28.5 Å². The van der Waals surface area contributed by atoms with E-state index >= 15 is 0 Å². The maximum absolute atomic E-state index is 13.4. The van der Waals surface area contributed by atoms with Crippen molar-refractivity contribution in [2.24, 2.45) is 4.99 Å². The van der Waals surface area contributed by atoms with Gasteiger partial charge in [0.15, 0.2) is 16.7 Å². The van der Waals surface area contributed by atoms with E-state index in [2.05, 4.69) is 0 Å². The van der Waals surface area contributed by atoms with E-state index in [1.165, 1.54) is 11.8 Å². The molecular weight excluding hydrogens is 518 g/mol. The maximum atomic E-state index is 13.4. The highest BCUT2D eigenvalue weighted by Crippen LogP contribution is 2.48. The van der Waals surface area contributed by atoms with Crippen molar-refractivity contribution in [3.8, 4) is 11.5 Å². The first-order valence-corrected chi connectivity index (χ1v) is 13.4. The molecule has 0 bridgehead atoms. The summed E-state index contributed by atoms with van der Waals surface area (Å²) in [4.78, 5) is 35.1. The molecule has 1 amide bonds. The fourth-order valence-electron chi connectivity index (χ4n) is 4.58. The number of allylic oxidation sites excluding steroid dienone is 1. The second kappa shape index (κ2) is 12.9. The van der Waals surface area contributed by atoms with Gasteiger partial charge >= 0.3 is 5.97 Å². The van der Waals surface area contributed by atoms with Crippen LogP contribution in [0, 0.1) is 0 Å². The molecule has 4 rings (SSSR count). The lowest BCUT2D eigenvalue weighted by Crippen LogP contribution is -2.38. The Hall–Kier alpha value is -3.76. The zero-order chi connectivity index (χ0) is 27.9. The number of nitrogens with zero attached hydrogens (tertiary/aromatic N) is 3. The number of hydrogen-bond donors (Lipinski definition) is 0. The molecule has 2 aromatic rings. The molecule has 0 saturated heterocycles. The molecule has 1 atom stereocenters. The summed E-state index contributed by atoms with van der Waals surface area (Å²) < 4.78 is 21.9. The highest BCUT2D eigenvalue weighted by atomic mass is 32.2. The standard InChI is InChI=1S/C29H33N3O6S/c1-19-25(28(34)38-15-14-35-3)26(22-12-9-13-23(36-4)27(22)37-5)32-21(18-39-29(32)30-19)16-24(33)31(2)17-20-10-7-6-8-11-20/h6-13,18,26H,14-17H2,1-5H3/t26-/m0/s1. The number of amides is 1. The Labute approximate surface area is 233 Å². The molecule has 9 nitrogen and oxygen atoms in total. The molecule has 0 aromatic heterocycles. The van der Waals surface area contributed by atoms with Gasteiger partial charge in [-0.1, -0.05) is 54.2 Å². The fraction of sp³-hybridized carbons (Fsp3) is 0.345. The lowest BCUT2D eigenvalue weighted by atomic mass is 9.92. The highest BCUT2D eigenvalue weighted by Gasteiger charge is 2.43. The molecule has 2 aromatic carbocycles. The van der Waals surface area contributed by atoms with Crippen LogP contribution in [0.15, 0.2) is 75.9 Å². The summed E-state index contributed by atoms with van der Waals surface area (Å²) >= 11 is 1.42. The SMILES string of the molecule is COCCOC(=O)C1=C(C)N=C2SC=C(CC(=O)N(C)Cc3ccccc3)N2[C@H]1c1cccc(OC)c1OC. The maximum Gasteiger partial charge on any atom is 0.338 e. The first-order valence-electron chi connectivity index (χ1n) is 12.5. The van der Waals surface area contributed by atoms with E-state index in [1.807, 2.05) is 52.8 Å². The second-order valence-electron chi connectivity index (χ2n) is 9.02. The van der Waals surface area contributed by atoms with Crippen molar-refractivity contribution in [3.63, 3.8) is 0 Å². The number of rotatable bonds is 11. The van der Waals surface area contributed by atoms with Crippen LogP contribution in [0.4, 0.5) is 0 Å². The topological polar surface area (TPSA) is 89.9 Å². The van der Waals surface area contributed by atoms with Crippen molar-refractivity contribution in [1.82, 2.24) is 9.80 Å². The van der Waals surface area contributed by atoms with E-state index in [0.717, 1.165) is 11.3 Å². The third-order valence-corrected chi connectivity index (χ3v) is 7.38. The summed E-state index contributed by atoms with van der Waals surface area (Å²) in [5.74, 6) is 0.453. The Bertz CT molecular complexity index is 1310. The highest BCUT2D eigenvalue weighted by molar-refractivity contribution is 8.16. The van der Waals surface area contributed by atoms with Gasteiger partial charge < -0.3 is 28.7 Å². The van der Waals surface area contributed by atoms with E-state index in [1.54, 1.807) is 46.3 Å². The number of thioether (sulfide) groups is 1. The Kier molecular flexibility index (Phi) is 9.32. The summed E-state index contributed by atoms with van der Waals surface area (Å²) in [6.45, 7) is 2.65. The van der Waals surface area contributed by atoms with Gasteiger partial charge in [-0.3, -0.25) is 4.79 Å². The average molecular weight is 552 g/mol. The van der Waals surface area contributed by atoms with E-state index in [9.17, 15) is 9.59 Å². The second-order valence-corrected chi connectivity index (χ2v) is 9.85. The number of ether oxygens (including phenoxy) is 4. The fourth-order valence-corrected chi connectivity index (χ4v) is 5.55. The molecule has 0 spiro atoms. The van der Waals surface area contributed by atoms with Gasteiger partial charge in [0.2, 0.25) is 5.91 Å². The number of amidine groups is 1. The van der Waals surface area contributed by atoms with Crippen LogP contribution < -0.4 is 9.47 Å². The minimum atomic E-state index is -0.647. The summed E-state index contributed by atoms with van der Waals surface area (Å²) in [5, 5.41) is 2.59. The normalized spacial score (nSPS) is 16.3. The molecule has 2 aliphatic rings.